The van der Waals surface area contributed by atoms with Crippen LogP contribution in [-0.2, 0) is 4.79 Å². The number of hydrogen-bond donors (Lipinski definition) is 2. The lowest BCUT2D eigenvalue weighted by molar-refractivity contribution is -0.118. The maximum atomic E-state index is 12.3. The number of carbonyl (C=O) groups is 3. The largest absolute Gasteiger partial charge is 0.483 e. The number of nitrogens with one attached hydrogen (secondary N) is 2. The summed E-state index contributed by atoms with van der Waals surface area (Å²) in [5.74, 6) is 0.416. The fourth-order valence-electron chi connectivity index (χ4n) is 3.35. The van der Waals surface area contributed by atoms with E-state index in [9.17, 15) is 14.4 Å². The number of benzene rings is 3. The van der Waals surface area contributed by atoms with Crippen molar-refractivity contribution in [1.29, 1.82) is 0 Å². The molecule has 0 bridgehead atoms. The Morgan fingerprint density at radius 1 is 0.871 bits per heavy atom. The van der Waals surface area contributed by atoms with Gasteiger partial charge in [-0.1, -0.05) is 24.3 Å². The van der Waals surface area contributed by atoms with Gasteiger partial charge in [0.15, 0.2) is 6.61 Å². The van der Waals surface area contributed by atoms with Gasteiger partial charge < -0.3 is 14.8 Å². The van der Waals surface area contributed by atoms with Crippen molar-refractivity contribution in [1.82, 2.24) is 5.32 Å². The van der Waals surface area contributed by atoms with Gasteiger partial charge in [-0.2, -0.15) is 0 Å². The van der Waals surface area contributed by atoms with E-state index in [2.05, 4.69) is 10.6 Å². The quantitative estimate of drug-likeness (QED) is 0.593. The van der Waals surface area contributed by atoms with Gasteiger partial charge in [0.2, 0.25) is 0 Å². The van der Waals surface area contributed by atoms with Crippen molar-refractivity contribution in [3.63, 3.8) is 0 Å². The first-order valence-corrected chi connectivity index (χ1v) is 9.67. The summed E-state index contributed by atoms with van der Waals surface area (Å²) in [4.78, 5) is 35.8. The topological polar surface area (TPSA) is 93.7 Å². The Morgan fingerprint density at radius 2 is 1.55 bits per heavy atom. The summed E-state index contributed by atoms with van der Waals surface area (Å²) in [5, 5.41) is 5.02. The first kappa shape index (κ1) is 20.2. The molecule has 0 saturated carbocycles. The van der Waals surface area contributed by atoms with E-state index >= 15 is 0 Å². The third-order valence-electron chi connectivity index (χ3n) is 4.82. The SMILES string of the molecule is Cc1cccc(C)c1OCC(=O)Nc1cccc(Oc2ccc3c(c2)C(=O)NC3=O)c1. The molecule has 1 aliphatic rings. The van der Waals surface area contributed by atoms with Gasteiger partial charge in [-0.25, -0.2) is 0 Å². The van der Waals surface area contributed by atoms with Crippen LogP contribution in [-0.4, -0.2) is 24.3 Å². The van der Waals surface area contributed by atoms with Gasteiger partial charge >= 0.3 is 0 Å². The van der Waals surface area contributed by atoms with E-state index in [0.717, 1.165) is 11.1 Å². The number of imide groups is 1. The average molecular weight is 416 g/mol. The minimum absolute atomic E-state index is 0.120. The minimum Gasteiger partial charge on any atom is -0.483 e. The molecule has 1 heterocycles. The molecule has 0 aliphatic carbocycles. The van der Waals surface area contributed by atoms with E-state index in [1.54, 1.807) is 36.4 Å². The van der Waals surface area contributed by atoms with Crippen molar-refractivity contribution < 1.29 is 23.9 Å². The third kappa shape index (κ3) is 4.40. The standard InChI is InChI=1S/C24H20N2O5/c1-14-5-3-6-15(2)22(14)30-13-21(27)25-16-7-4-8-17(11-16)31-18-9-10-19-20(12-18)24(29)26-23(19)28/h3-12H,13H2,1-2H3,(H,25,27)(H,26,28,29). The summed E-state index contributed by atoms with van der Waals surface area (Å²) in [7, 11) is 0. The van der Waals surface area contributed by atoms with Crippen molar-refractivity contribution in [2.75, 3.05) is 11.9 Å². The number of rotatable bonds is 6. The first-order valence-electron chi connectivity index (χ1n) is 9.67. The number of ether oxygens (including phenoxy) is 2. The van der Waals surface area contributed by atoms with Gasteiger partial charge in [0.05, 0.1) is 11.1 Å². The normalized spacial score (nSPS) is 12.2. The summed E-state index contributed by atoms with van der Waals surface area (Å²) in [6, 6.07) is 17.3. The van der Waals surface area contributed by atoms with Gasteiger partial charge in [-0.3, -0.25) is 19.7 Å². The molecule has 0 fully saturated rings. The molecule has 0 spiro atoms. The molecule has 31 heavy (non-hydrogen) atoms. The molecule has 0 unspecified atom stereocenters. The van der Waals surface area contributed by atoms with Crippen molar-refractivity contribution in [3.05, 3.63) is 82.9 Å². The van der Waals surface area contributed by atoms with Crippen molar-refractivity contribution in [2.45, 2.75) is 13.8 Å². The Kier molecular flexibility index (Phi) is 5.41. The van der Waals surface area contributed by atoms with Crippen LogP contribution in [0.4, 0.5) is 5.69 Å². The highest BCUT2D eigenvalue weighted by atomic mass is 16.5. The average Bonchev–Trinajstić information content (AvgIpc) is 3.01. The van der Waals surface area contributed by atoms with E-state index in [1.165, 1.54) is 6.07 Å². The third-order valence-corrected chi connectivity index (χ3v) is 4.82. The lowest BCUT2D eigenvalue weighted by Gasteiger charge is -2.12. The Morgan fingerprint density at radius 3 is 2.32 bits per heavy atom. The Balaban J connectivity index is 1.41. The summed E-state index contributed by atoms with van der Waals surface area (Å²) in [6.45, 7) is 3.74. The maximum Gasteiger partial charge on any atom is 0.262 e. The summed E-state index contributed by atoms with van der Waals surface area (Å²) in [6.07, 6.45) is 0. The zero-order chi connectivity index (χ0) is 22.0. The number of hydrogen-bond acceptors (Lipinski definition) is 5. The predicted octanol–water partition coefficient (Wildman–Crippen LogP) is 4.00. The van der Waals surface area contributed by atoms with Gasteiger partial charge in [0.25, 0.3) is 17.7 Å². The van der Waals surface area contributed by atoms with Crippen LogP contribution in [0.5, 0.6) is 17.2 Å². The number of fused-ring (bicyclic) bond motifs is 1. The van der Waals surface area contributed by atoms with Gasteiger partial charge in [-0.05, 0) is 55.3 Å². The monoisotopic (exact) mass is 416 g/mol. The Bertz CT molecular complexity index is 1180. The van der Waals surface area contributed by atoms with Gasteiger partial charge in [0, 0.05) is 11.8 Å². The molecule has 3 aromatic carbocycles. The van der Waals surface area contributed by atoms with Crippen LogP contribution in [0, 0.1) is 13.8 Å². The fraction of sp³-hybridized carbons (Fsp3) is 0.125. The molecule has 7 nitrogen and oxygen atoms in total. The van der Waals surface area contributed by atoms with Crippen LogP contribution in [0.1, 0.15) is 31.8 Å². The van der Waals surface area contributed by atoms with Crippen LogP contribution < -0.4 is 20.1 Å². The molecule has 2 N–H and O–H groups in total. The van der Waals surface area contributed by atoms with E-state index in [1.807, 2.05) is 32.0 Å². The second-order valence-electron chi connectivity index (χ2n) is 7.18. The second kappa shape index (κ2) is 8.31. The molecule has 0 atom stereocenters. The lowest BCUT2D eigenvalue weighted by atomic mass is 10.1. The van der Waals surface area contributed by atoms with Crippen LogP contribution in [0.2, 0.25) is 0 Å². The van der Waals surface area contributed by atoms with Crippen molar-refractivity contribution >= 4 is 23.4 Å². The predicted molar refractivity (Wildman–Crippen MR) is 115 cm³/mol. The van der Waals surface area contributed by atoms with E-state index in [4.69, 9.17) is 9.47 Å². The molecule has 0 radical (unpaired) electrons. The molecule has 3 amide bonds. The number of para-hydroxylation sites is 1. The minimum atomic E-state index is -0.449. The molecule has 4 rings (SSSR count). The van der Waals surface area contributed by atoms with Crippen LogP contribution in [0.3, 0.4) is 0 Å². The highest BCUT2D eigenvalue weighted by molar-refractivity contribution is 6.21. The number of amides is 3. The molecule has 3 aromatic rings. The zero-order valence-electron chi connectivity index (χ0n) is 17.0. The number of carbonyl (C=O) groups excluding carboxylic acids is 3. The highest BCUT2D eigenvalue weighted by Gasteiger charge is 2.26. The maximum absolute atomic E-state index is 12.3. The Labute approximate surface area is 179 Å². The van der Waals surface area contributed by atoms with Crippen molar-refractivity contribution in [3.8, 4) is 17.2 Å². The zero-order valence-corrected chi connectivity index (χ0v) is 17.0. The fourth-order valence-corrected chi connectivity index (χ4v) is 3.35. The molecule has 156 valence electrons. The summed E-state index contributed by atoms with van der Waals surface area (Å²) < 4.78 is 11.5. The molecule has 7 heteroatoms. The van der Waals surface area contributed by atoms with Crippen LogP contribution in [0.25, 0.3) is 0 Å². The molecule has 0 saturated heterocycles. The number of anilines is 1. The number of aryl methyl sites for hydroxylation is 2. The highest BCUT2D eigenvalue weighted by Crippen LogP contribution is 2.28. The van der Waals surface area contributed by atoms with Crippen LogP contribution in [0.15, 0.2) is 60.7 Å². The van der Waals surface area contributed by atoms with Gasteiger partial charge in [0.1, 0.15) is 17.2 Å². The Hall–Kier alpha value is -4.13. The van der Waals surface area contributed by atoms with Crippen molar-refractivity contribution in [2.24, 2.45) is 0 Å². The summed E-state index contributed by atoms with van der Waals surface area (Å²) in [5.41, 5.74) is 3.07. The van der Waals surface area contributed by atoms with Crippen LogP contribution >= 0.6 is 0 Å². The first-order chi connectivity index (χ1) is 14.9. The van der Waals surface area contributed by atoms with E-state index < -0.39 is 11.8 Å². The second-order valence-corrected chi connectivity index (χ2v) is 7.18. The molecule has 1 aliphatic heterocycles. The van der Waals surface area contributed by atoms with E-state index in [-0.39, 0.29) is 18.1 Å². The molecular weight excluding hydrogens is 396 g/mol. The lowest BCUT2D eigenvalue weighted by Crippen LogP contribution is -2.20. The molecule has 0 aromatic heterocycles. The summed E-state index contributed by atoms with van der Waals surface area (Å²) >= 11 is 0. The van der Waals surface area contributed by atoms with E-state index in [0.29, 0.717) is 28.5 Å². The molecular formula is C24H20N2O5. The van der Waals surface area contributed by atoms with Gasteiger partial charge in [-0.15, -0.1) is 0 Å². The smallest absolute Gasteiger partial charge is 0.262 e.